The minimum absolute atomic E-state index is 0.250. The summed E-state index contributed by atoms with van der Waals surface area (Å²) in [5, 5.41) is 18.7. The second kappa shape index (κ2) is 5.19. The van der Waals surface area contributed by atoms with Crippen molar-refractivity contribution >= 4 is 5.69 Å². The third-order valence-corrected chi connectivity index (χ3v) is 1.91. The first-order chi connectivity index (χ1) is 8.36. The number of halogens is 3. The minimum atomic E-state index is -4.65. The summed E-state index contributed by atoms with van der Waals surface area (Å²) in [6, 6.07) is 3.76. The molecule has 1 rings (SSSR count). The molecule has 0 aliphatic carbocycles. The average molecular weight is 254 g/mol. The summed E-state index contributed by atoms with van der Waals surface area (Å²) in [6.45, 7) is 0. The molecule has 0 unspecified atom stereocenters. The Morgan fingerprint density at radius 1 is 1.39 bits per heavy atom. The van der Waals surface area contributed by atoms with Gasteiger partial charge in [-0.3, -0.25) is 10.1 Å². The number of alkyl halides is 3. The number of rotatable bonds is 1. The van der Waals surface area contributed by atoms with Crippen molar-refractivity contribution in [1.29, 1.82) is 5.26 Å². The number of nitrogens with zero attached hydrogens (tertiary/aromatic N) is 2. The summed E-state index contributed by atoms with van der Waals surface area (Å²) in [5.74, 6) is 4.32. The largest absolute Gasteiger partial charge is 0.417 e. The van der Waals surface area contributed by atoms with Crippen molar-refractivity contribution < 1.29 is 18.1 Å². The van der Waals surface area contributed by atoms with Crippen LogP contribution < -0.4 is 0 Å². The van der Waals surface area contributed by atoms with Crippen LogP contribution in [0.4, 0.5) is 18.9 Å². The molecule has 0 saturated heterocycles. The van der Waals surface area contributed by atoms with Gasteiger partial charge in [0.2, 0.25) is 0 Å². The lowest BCUT2D eigenvalue weighted by Crippen LogP contribution is -2.08. The van der Waals surface area contributed by atoms with E-state index >= 15 is 0 Å². The van der Waals surface area contributed by atoms with E-state index in [0.29, 0.717) is 6.07 Å². The number of nitriles is 1. The van der Waals surface area contributed by atoms with E-state index in [4.69, 9.17) is 5.26 Å². The van der Waals surface area contributed by atoms with Gasteiger partial charge in [-0.2, -0.15) is 18.4 Å². The molecule has 0 radical (unpaired) electrons. The average Bonchev–Trinajstić information content (AvgIpc) is 2.27. The van der Waals surface area contributed by atoms with E-state index in [0.717, 1.165) is 12.1 Å². The van der Waals surface area contributed by atoms with Crippen LogP contribution in [0.25, 0.3) is 0 Å². The van der Waals surface area contributed by atoms with Crippen LogP contribution in [0.3, 0.4) is 0 Å². The van der Waals surface area contributed by atoms with Gasteiger partial charge in [0.15, 0.2) is 0 Å². The highest BCUT2D eigenvalue weighted by Gasteiger charge is 2.33. The number of nitro benzene ring substituents is 1. The quantitative estimate of drug-likeness (QED) is 0.439. The first-order valence-corrected chi connectivity index (χ1v) is 4.57. The van der Waals surface area contributed by atoms with Gasteiger partial charge in [0.1, 0.15) is 0 Å². The first kappa shape index (κ1) is 13.5. The normalized spacial score (nSPS) is 10.1. The fraction of sp³-hybridized carbons (Fsp3) is 0.182. The van der Waals surface area contributed by atoms with Crippen molar-refractivity contribution in [2.45, 2.75) is 12.6 Å². The minimum Gasteiger partial charge on any atom is -0.258 e. The molecule has 0 N–H and O–H groups in total. The molecule has 0 amide bonds. The first-order valence-electron chi connectivity index (χ1n) is 4.57. The SMILES string of the molecule is N#CCC#Cc1cc([N+](=O)[O-])ccc1C(F)(F)F. The van der Waals surface area contributed by atoms with Crippen LogP contribution in [0, 0.1) is 33.3 Å². The Hall–Kier alpha value is -2.54. The second-order valence-electron chi connectivity index (χ2n) is 3.12. The third-order valence-electron chi connectivity index (χ3n) is 1.91. The van der Waals surface area contributed by atoms with Crippen LogP contribution in [-0.4, -0.2) is 4.92 Å². The molecule has 0 aliphatic rings. The molecule has 0 fully saturated rings. The van der Waals surface area contributed by atoms with Crippen molar-refractivity contribution in [2.24, 2.45) is 0 Å². The Balaban J connectivity index is 3.34. The Morgan fingerprint density at radius 3 is 2.56 bits per heavy atom. The lowest BCUT2D eigenvalue weighted by atomic mass is 10.1. The van der Waals surface area contributed by atoms with Crippen molar-refractivity contribution in [2.75, 3.05) is 0 Å². The van der Waals surface area contributed by atoms with Crippen LogP contribution in [-0.2, 0) is 6.18 Å². The fourth-order valence-corrected chi connectivity index (χ4v) is 1.18. The predicted molar refractivity (Wildman–Crippen MR) is 55.2 cm³/mol. The molecule has 4 nitrogen and oxygen atoms in total. The fourth-order valence-electron chi connectivity index (χ4n) is 1.18. The van der Waals surface area contributed by atoms with E-state index in [-0.39, 0.29) is 6.42 Å². The highest BCUT2D eigenvalue weighted by atomic mass is 19.4. The zero-order valence-corrected chi connectivity index (χ0v) is 8.78. The number of nitro groups is 1. The molecule has 18 heavy (non-hydrogen) atoms. The molecule has 0 heterocycles. The van der Waals surface area contributed by atoms with Gasteiger partial charge >= 0.3 is 6.18 Å². The summed E-state index contributed by atoms with van der Waals surface area (Å²) in [4.78, 5) is 9.66. The molecular formula is C11H5F3N2O2. The summed E-state index contributed by atoms with van der Waals surface area (Å²) < 4.78 is 37.8. The van der Waals surface area contributed by atoms with E-state index in [2.05, 4.69) is 11.8 Å². The van der Waals surface area contributed by atoms with Gasteiger partial charge in [-0.1, -0.05) is 11.8 Å². The number of benzene rings is 1. The van der Waals surface area contributed by atoms with Gasteiger partial charge in [-0.15, -0.1) is 0 Å². The van der Waals surface area contributed by atoms with Crippen molar-refractivity contribution in [3.63, 3.8) is 0 Å². The summed E-state index contributed by atoms with van der Waals surface area (Å²) >= 11 is 0. The Labute approximate surface area is 99.8 Å². The molecule has 0 spiro atoms. The number of non-ortho nitro benzene ring substituents is 1. The zero-order chi connectivity index (χ0) is 13.8. The van der Waals surface area contributed by atoms with Gasteiger partial charge in [0, 0.05) is 17.7 Å². The predicted octanol–water partition coefficient (Wildman–Crippen LogP) is 2.88. The topological polar surface area (TPSA) is 66.9 Å². The highest BCUT2D eigenvalue weighted by molar-refractivity contribution is 5.49. The lowest BCUT2D eigenvalue weighted by molar-refractivity contribution is -0.384. The summed E-state index contributed by atoms with van der Waals surface area (Å²) in [5.41, 5.74) is -2.05. The second-order valence-corrected chi connectivity index (χ2v) is 3.12. The van der Waals surface area contributed by atoms with Crippen molar-refractivity contribution in [1.82, 2.24) is 0 Å². The van der Waals surface area contributed by atoms with Crippen molar-refractivity contribution in [3.8, 4) is 17.9 Å². The standard InChI is InChI=1S/C11H5F3N2O2/c12-11(13,14)10-5-4-9(16(17)18)7-8(10)3-1-2-6-15/h4-5,7H,2H2. The van der Waals surface area contributed by atoms with E-state index in [1.165, 1.54) is 0 Å². The Bertz CT molecular complexity index is 577. The van der Waals surface area contributed by atoms with Crippen LogP contribution in [0.15, 0.2) is 18.2 Å². The molecule has 7 heteroatoms. The number of hydrogen-bond donors (Lipinski definition) is 0. The van der Waals surface area contributed by atoms with E-state index < -0.39 is 27.9 Å². The molecule has 0 atom stereocenters. The third kappa shape index (κ3) is 3.22. The summed E-state index contributed by atoms with van der Waals surface area (Å²) in [7, 11) is 0. The van der Waals surface area contributed by atoms with Gasteiger partial charge in [0.25, 0.3) is 5.69 Å². The molecule has 0 aromatic heterocycles. The van der Waals surface area contributed by atoms with Gasteiger partial charge in [-0.05, 0) is 6.07 Å². The molecule has 1 aromatic carbocycles. The van der Waals surface area contributed by atoms with E-state index in [9.17, 15) is 23.3 Å². The van der Waals surface area contributed by atoms with Crippen LogP contribution in [0.5, 0.6) is 0 Å². The Kier molecular flexibility index (Phi) is 3.90. The molecular weight excluding hydrogens is 249 g/mol. The smallest absolute Gasteiger partial charge is 0.258 e. The van der Waals surface area contributed by atoms with Gasteiger partial charge in [-0.25, -0.2) is 0 Å². The van der Waals surface area contributed by atoms with Crippen molar-refractivity contribution in [3.05, 3.63) is 39.4 Å². The highest BCUT2D eigenvalue weighted by Crippen LogP contribution is 2.33. The zero-order valence-electron chi connectivity index (χ0n) is 8.78. The molecule has 0 saturated carbocycles. The van der Waals surface area contributed by atoms with Gasteiger partial charge < -0.3 is 0 Å². The molecule has 1 aromatic rings. The van der Waals surface area contributed by atoms with Crippen LogP contribution in [0.2, 0.25) is 0 Å². The molecule has 0 aliphatic heterocycles. The van der Waals surface area contributed by atoms with Gasteiger partial charge in [0.05, 0.1) is 23.0 Å². The van der Waals surface area contributed by atoms with Crippen LogP contribution in [0.1, 0.15) is 17.5 Å². The maximum Gasteiger partial charge on any atom is 0.417 e. The van der Waals surface area contributed by atoms with E-state index in [1.54, 1.807) is 6.07 Å². The van der Waals surface area contributed by atoms with E-state index in [1.807, 2.05) is 0 Å². The Morgan fingerprint density at radius 2 is 2.06 bits per heavy atom. The summed E-state index contributed by atoms with van der Waals surface area (Å²) in [6.07, 6.45) is -4.90. The van der Waals surface area contributed by atoms with Crippen LogP contribution >= 0.6 is 0 Å². The maximum absolute atomic E-state index is 12.6. The lowest BCUT2D eigenvalue weighted by Gasteiger charge is -2.08. The number of hydrogen-bond acceptors (Lipinski definition) is 3. The maximum atomic E-state index is 12.6. The molecule has 92 valence electrons. The molecule has 0 bridgehead atoms. The monoisotopic (exact) mass is 254 g/mol.